The Morgan fingerprint density at radius 1 is 1.09 bits per heavy atom. The van der Waals surface area contributed by atoms with Gasteiger partial charge in [-0.05, 0) is 31.4 Å². The van der Waals surface area contributed by atoms with Crippen molar-refractivity contribution >= 4 is 11.8 Å². The van der Waals surface area contributed by atoms with Gasteiger partial charge in [-0.15, -0.1) is 0 Å². The minimum atomic E-state index is 0.650. The Morgan fingerprint density at radius 2 is 1.91 bits per heavy atom. The van der Waals surface area contributed by atoms with Crippen LogP contribution in [0.5, 0.6) is 0 Å². The molecule has 2 rings (SSSR count). The summed E-state index contributed by atoms with van der Waals surface area (Å²) in [6.45, 7) is 6.38. The molecule has 0 radical (unpaired) electrons. The van der Waals surface area contributed by atoms with Crippen LogP contribution < -0.4 is 10.6 Å². The Kier molecular flexibility index (Phi) is 6.15. The molecule has 5 nitrogen and oxygen atoms in total. The Bertz CT molecular complexity index is 601. The molecule has 0 spiro atoms. The number of hydrogen-bond donors (Lipinski definition) is 2. The van der Waals surface area contributed by atoms with Crippen molar-refractivity contribution in [3.63, 3.8) is 0 Å². The molecule has 2 N–H and O–H groups in total. The SMILES string of the molecule is COCCCNc1cc(C)nc(NCc2ccccc2C)n1. The van der Waals surface area contributed by atoms with Gasteiger partial charge in [0.1, 0.15) is 5.82 Å². The minimum Gasteiger partial charge on any atom is -0.385 e. The van der Waals surface area contributed by atoms with Gasteiger partial charge in [0.25, 0.3) is 0 Å². The van der Waals surface area contributed by atoms with Crippen LogP contribution in [0, 0.1) is 13.8 Å². The number of hydrogen-bond acceptors (Lipinski definition) is 5. The summed E-state index contributed by atoms with van der Waals surface area (Å²) in [5, 5.41) is 6.60. The lowest BCUT2D eigenvalue weighted by molar-refractivity contribution is 0.198. The second kappa shape index (κ2) is 8.34. The highest BCUT2D eigenvalue weighted by atomic mass is 16.5. The molecule has 0 fully saturated rings. The van der Waals surface area contributed by atoms with Gasteiger partial charge >= 0.3 is 0 Å². The molecule has 0 bridgehead atoms. The molecule has 1 heterocycles. The first kappa shape index (κ1) is 16.2. The van der Waals surface area contributed by atoms with E-state index in [9.17, 15) is 0 Å². The molecular weight excluding hydrogens is 276 g/mol. The van der Waals surface area contributed by atoms with Crippen LogP contribution in [-0.2, 0) is 11.3 Å². The Morgan fingerprint density at radius 3 is 2.68 bits per heavy atom. The number of aromatic nitrogens is 2. The summed E-state index contributed by atoms with van der Waals surface area (Å²) in [7, 11) is 1.71. The summed E-state index contributed by atoms with van der Waals surface area (Å²) in [6, 6.07) is 10.3. The quantitative estimate of drug-likeness (QED) is 0.733. The van der Waals surface area contributed by atoms with E-state index in [-0.39, 0.29) is 0 Å². The first-order chi connectivity index (χ1) is 10.7. The molecule has 0 aliphatic carbocycles. The topological polar surface area (TPSA) is 59.1 Å². The van der Waals surface area contributed by atoms with E-state index in [0.29, 0.717) is 5.95 Å². The van der Waals surface area contributed by atoms with Crippen LogP contribution in [0.1, 0.15) is 23.2 Å². The standard InChI is InChI=1S/C17H24N4O/c1-13-7-4-5-8-15(13)12-19-17-20-14(2)11-16(21-17)18-9-6-10-22-3/h4-5,7-8,11H,6,9-10,12H2,1-3H3,(H2,18,19,20,21). The number of aryl methyl sites for hydroxylation is 2. The van der Waals surface area contributed by atoms with E-state index in [2.05, 4.69) is 39.7 Å². The Labute approximate surface area is 132 Å². The zero-order valence-electron chi connectivity index (χ0n) is 13.5. The molecule has 118 valence electrons. The van der Waals surface area contributed by atoms with Crippen molar-refractivity contribution in [2.24, 2.45) is 0 Å². The van der Waals surface area contributed by atoms with Crippen LogP contribution in [0.4, 0.5) is 11.8 Å². The monoisotopic (exact) mass is 300 g/mol. The number of ether oxygens (including phenoxy) is 1. The summed E-state index contributed by atoms with van der Waals surface area (Å²) in [6.07, 6.45) is 0.950. The Balaban J connectivity index is 1.96. The van der Waals surface area contributed by atoms with Gasteiger partial charge in [-0.2, -0.15) is 4.98 Å². The van der Waals surface area contributed by atoms with Gasteiger partial charge < -0.3 is 15.4 Å². The van der Waals surface area contributed by atoms with Crippen molar-refractivity contribution in [3.05, 3.63) is 47.2 Å². The number of anilines is 2. The molecule has 0 saturated carbocycles. The van der Waals surface area contributed by atoms with Crippen molar-refractivity contribution in [3.8, 4) is 0 Å². The third-order valence-corrected chi connectivity index (χ3v) is 3.38. The van der Waals surface area contributed by atoms with Crippen molar-refractivity contribution < 1.29 is 4.74 Å². The van der Waals surface area contributed by atoms with Crippen molar-refractivity contribution in [2.45, 2.75) is 26.8 Å². The summed E-state index contributed by atoms with van der Waals surface area (Å²) in [5.74, 6) is 1.49. The highest BCUT2D eigenvalue weighted by Gasteiger charge is 2.03. The molecular formula is C17H24N4O. The molecule has 5 heteroatoms. The van der Waals surface area contributed by atoms with E-state index in [4.69, 9.17) is 4.74 Å². The third-order valence-electron chi connectivity index (χ3n) is 3.38. The average Bonchev–Trinajstić information content (AvgIpc) is 2.50. The molecule has 0 atom stereocenters. The van der Waals surface area contributed by atoms with E-state index >= 15 is 0 Å². The fourth-order valence-electron chi connectivity index (χ4n) is 2.15. The normalized spacial score (nSPS) is 10.5. The van der Waals surface area contributed by atoms with E-state index in [1.807, 2.05) is 25.1 Å². The van der Waals surface area contributed by atoms with Gasteiger partial charge in [0.15, 0.2) is 0 Å². The van der Waals surface area contributed by atoms with Crippen LogP contribution in [0.2, 0.25) is 0 Å². The van der Waals surface area contributed by atoms with Crippen LogP contribution in [0.25, 0.3) is 0 Å². The summed E-state index contributed by atoms with van der Waals surface area (Å²) in [4.78, 5) is 8.94. The smallest absolute Gasteiger partial charge is 0.225 e. The molecule has 22 heavy (non-hydrogen) atoms. The first-order valence-corrected chi connectivity index (χ1v) is 7.56. The molecule has 0 amide bonds. The first-order valence-electron chi connectivity index (χ1n) is 7.56. The second-order valence-corrected chi connectivity index (χ2v) is 5.27. The fourth-order valence-corrected chi connectivity index (χ4v) is 2.15. The van der Waals surface area contributed by atoms with Crippen molar-refractivity contribution in [1.29, 1.82) is 0 Å². The van der Waals surface area contributed by atoms with Gasteiger partial charge in [0.05, 0.1) is 0 Å². The molecule has 0 unspecified atom stereocenters. The van der Waals surface area contributed by atoms with E-state index < -0.39 is 0 Å². The highest BCUT2D eigenvalue weighted by molar-refractivity contribution is 5.42. The van der Waals surface area contributed by atoms with Crippen LogP contribution in [-0.4, -0.2) is 30.2 Å². The van der Waals surface area contributed by atoms with Gasteiger partial charge in [-0.25, -0.2) is 4.98 Å². The predicted octanol–water partition coefficient (Wildman–Crippen LogP) is 3.15. The lowest BCUT2D eigenvalue weighted by Gasteiger charge is -2.11. The van der Waals surface area contributed by atoms with E-state index in [0.717, 1.165) is 37.6 Å². The average molecular weight is 300 g/mol. The van der Waals surface area contributed by atoms with Gasteiger partial charge in [0.2, 0.25) is 5.95 Å². The van der Waals surface area contributed by atoms with Crippen LogP contribution >= 0.6 is 0 Å². The zero-order chi connectivity index (χ0) is 15.8. The fraction of sp³-hybridized carbons (Fsp3) is 0.412. The molecule has 2 aromatic rings. The van der Waals surface area contributed by atoms with Crippen LogP contribution in [0.15, 0.2) is 30.3 Å². The van der Waals surface area contributed by atoms with Crippen LogP contribution in [0.3, 0.4) is 0 Å². The molecule has 1 aromatic heterocycles. The molecule has 0 saturated heterocycles. The summed E-state index contributed by atoms with van der Waals surface area (Å²) < 4.78 is 5.04. The maximum absolute atomic E-state index is 5.04. The second-order valence-electron chi connectivity index (χ2n) is 5.27. The highest BCUT2D eigenvalue weighted by Crippen LogP contribution is 2.12. The number of methoxy groups -OCH3 is 1. The zero-order valence-corrected chi connectivity index (χ0v) is 13.5. The maximum Gasteiger partial charge on any atom is 0.225 e. The minimum absolute atomic E-state index is 0.650. The van der Waals surface area contributed by atoms with Crippen molar-refractivity contribution in [2.75, 3.05) is 30.9 Å². The number of benzene rings is 1. The van der Waals surface area contributed by atoms with Crippen molar-refractivity contribution in [1.82, 2.24) is 9.97 Å². The maximum atomic E-state index is 5.04. The van der Waals surface area contributed by atoms with E-state index in [1.165, 1.54) is 11.1 Å². The molecule has 1 aromatic carbocycles. The van der Waals surface area contributed by atoms with Gasteiger partial charge in [-0.3, -0.25) is 0 Å². The number of rotatable bonds is 8. The summed E-state index contributed by atoms with van der Waals surface area (Å²) >= 11 is 0. The molecule has 0 aliphatic heterocycles. The third kappa shape index (κ3) is 5.00. The lowest BCUT2D eigenvalue weighted by atomic mass is 10.1. The largest absolute Gasteiger partial charge is 0.385 e. The summed E-state index contributed by atoms with van der Waals surface area (Å²) in [5.41, 5.74) is 3.46. The Hall–Kier alpha value is -2.14. The van der Waals surface area contributed by atoms with Gasteiger partial charge in [0, 0.05) is 38.6 Å². The predicted molar refractivity (Wildman–Crippen MR) is 90.3 cm³/mol. The van der Waals surface area contributed by atoms with E-state index in [1.54, 1.807) is 7.11 Å². The number of nitrogens with one attached hydrogen (secondary N) is 2. The number of nitrogens with zero attached hydrogens (tertiary/aromatic N) is 2. The van der Waals surface area contributed by atoms with Gasteiger partial charge in [-0.1, -0.05) is 24.3 Å². The lowest BCUT2D eigenvalue weighted by Crippen LogP contribution is -2.10. The molecule has 0 aliphatic rings.